The van der Waals surface area contributed by atoms with Crippen LogP contribution in [0.3, 0.4) is 0 Å². The molecule has 3 rings (SSSR count). The average molecular weight is 463 g/mol. The Morgan fingerprint density at radius 3 is 1.82 bits per heavy atom. The molecular weight excluding hydrogens is 420 g/mol. The summed E-state index contributed by atoms with van der Waals surface area (Å²) in [6.07, 6.45) is 12.0. The number of anilines is 2. The molecule has 2 aromatic carbocycles. The van der Waals surface area contributed by atoms with Crippen LogP contribution in [0.2, 0.25) is 0 Å². The molecule has 4 nitrogen and oxygen atoms in total. The van der Waals surface area contributed by atoms with Gasteiger partial charge < -0.3 is 10.6 Å². The van der Waals surface area contributed by atoms with E-state index in [-0.39, 0.29) is 11.6 Å². The number of fused-ring (bicyclic) bond motifs is 2. The van der Waals surface area contributed by atoms with Gasteiger partial charge in [0.2, 0.25) is 0 Å². The summed E-state index contributed by atoms with van der Waals surface area (Å²) >= 11 is 0. The molecule has 1 atom stereocenters. The molecule has 2 aromatic rings. The molecule has 0 saturated carbocycles. The van der Waals surface area contributed by atoms with Crippen molar-refractivity contribution < 1.29 is 9.59 Å². The summed E-state index contributed by atoms with van der Waals surface area (Å²) in [4.78, 5) is 27.1. The Kier molecular flexibility index (Phi) is 10.2. The first kappa shape index (κ1) is 26.0. The second-order valence-electron chi connectivity index (χ2n) is 9.61. The summed E-state index contributed by atoms with van der Waals surface area (Å²) in [5.74, 6) is 0.442. The van der Waals surface area contributed by atoms with E-state index in [2.05, 4.69) is 31.4 Å². The summed E-state index contributed by atoms with van der Waals surface area (Å²) in [5, 5.41) is 7.01. The van der Waals surface area contributed by atoms with Crippen LogP contribution in [0, 0.1) is 5.92 Å². The minimum Gasteiger partial charge on any atom is -0.384 e. The van der Waals surface area contributed by atoms with Gasteiger partial charge in [0.25, 0.3) is 0 Å². The van der Waals surface area contributed by atoms with Crippen LogP contribution in [0.1, 0.15) is 117 Å². The number of ketones is 2. The third kappa shape index (κ3) is 6.28. The van der Waals surface area contributed by atoms with Gasteiger partial charge in [0.05, 0.1) is 11.1 Å². The summed E-state index contributed by atoms with van der Waals surface area (Å²) < 4.78 is 0. The normalized spacial score (nSPS) is 13.4. The molecule has 0 amide bonds. The van der Waals surface area contributed by atoms with Crippen LogP contribution >= 0.6 is 0 Å². The van der Waals surface area contributed by atoms with Gasteiger partial charge >= 0.3 is 0 Å². The van der Waals surface area contributed by atoms with Crippen molar-refractivity contribution >= 4 is 22.9 Å². The zero-order chi connectivity index (χ0) is 24.3. The van der Waals surface area contributed by atoms with Crippen LogP contribution in [0.15, 0.2) is 36.4 Å². The third-order valence-electron chi connectivity index (χ3n) is 7.05. The van der Waals surface area contributed by atoms with Gasteiger partial charge in [-0.15, -0.1) is 0 Å². The molecule has 0 fully saturated rings. The second-order valence-corrected chi connectivity index (χ2v) is 9.61. The Balaban J connectivity index is 1.82. The lowest BCUT2D eigenvalue weighted by Crippen LogP contribution is -2.25. The maximum Gasteiger partial charge on any atom is 0.196 e. The highest BCUT2D eigenvalue weighted by Gasteiger charge is 2.33. The molecule has 184 valence electrons. The van der Waals surface area contributed by atoms with Crippen LogP contribution < -0.4 is 10.6 Å². The van der Waals surface area contributed by atoms with Gasteiger partial charge in [-0.1, -0.05) is 96.4 Å². The summed E-state index contributed by atoms with van der Waals surface area (Å²) in [6, 6.07) is 11.2. The molecule has 1 aliphatic rings. The number of carbonyl (C=O) groups excluding carboxylic acids is 2. The zero-order valence-corrected chi connectivity index (χ0v) is 21.3. The lowest BCUT2D eigenvalue weighted by molar-refractivity contribution is 0.0980. The van der Waals surface area contributed by atoms with Crippen molar-refractivity contribution in [1.82, 2.24) is 0 Å². The first-order valence-electron chi connectivity index (χ1n) is 13.4. The van der Waals surface area contributed by atoms with Crippen molar-refractivity contribution in [2.45, 2.75) is 85.0 Å². The summed E-state index contributed by atoms with van der Waals surface area (Å²) in [7, 11) is 0. The van der Waals surface area contributed by atoms with E-state index in [1.54, 1.807) is 12.1 Å². The van der Waals surface area contributed by atoms with E-state index >= 15 is 0 Å². The molecule has 0 heterocycles. The van der Waals surface area contributed by atoms with Crippen LogP contribution in [-0.4, -0.2) is 24.7 Å². The van der Waals surface area contributed by atoms with Crippen LogP contribution in [0.4, 0.5) is 11.4 Å². The Morgan fingerprint density at radius 1 is 0.676 bits per heavy atom. The standard InChI is InChI=1S/C30H42N2O2/c1-4-7-9-10-11-14-20-31-25-18-19-26(32-21-22(6-3)15-8-5-2)28-27(25)29(33)23-16-12-13-17-24(23)30(28)34/h12-13,16-19,22,31-32H,4-11,14-15,20-21H2,1-3H3. The highest BCUT2D eigenvalue weighted by atomic mass is 16.1. The largest absolute Gasteiger partial charge is 0.384 e. The molecule has 0 aliphatic heterocycles. The molecule has 0 saturated heterocycles. The molecule has 4 heteroatoms. The van der Waals surface area contributed by atoms with E-state index in [9.17, 15) is 9.59 Å². The van der Waals surface area contributed by atoms with Gasteiger partial charge in [-0.3, -0.25) is 9.59 Å². The first-order chi connectivity index (χ1) is 16.6. The first-order valence-corrected chi connectivity index (χ1v) is 13.4. The zero-order valence-electron chi connectivity index (χ0n) is 21.3. The number of hydrogen-bond acceptors (Lipinski definition) is 4. The maximum atomic E-state index is 13.6. The van der Waals surface area contributed by atoms with Crippen molar-refractivity contribution in [3.05, 3.63) is 58.7 Å². The molecule has 0 radical (unpaired) electrons. The molecule has 2 N–H and O–H groups in total. The molecule has 0 spiro atoms. The molecule has 0 bridgehead atoms. The molecular formula is C30H42N2O2. The van der Waals surface area contributed by atoms with Crippen molar-refractivity contribution in [3.63, 3.8) is 0 Å². The van der Waals surface area contributed by atoms with Crippen molar-refractivity contribution in [3.8, 4) is 0 Å². The minimum atomic E-state index is -0.0580. The van der Waals surface area contributed by atoms with E-state index in [1.807, 2.05) is 24.3 Å². The quantitative estimate of drug-likeness (QED) is 0.226. The predicted molar refractivity (Wildman–Crippen MR) is 143 cm³/mol. The van der Waals surface area contributed by atoms with Gasteiger partial charge in [0, 0.05) is 35.6 Å². The topological polar surface area (TPSA) is 58.2 Å². The van der Waals surface area contributed by atoms with Crippen LogP contribution in [0.5, 0.6) is 0 Å². The number of rotatable bonds is 15. The lowest BCUT2D eigenvalue weighted by Gasteiger charge is -2.25. The highest BCUT2D eigenvalue weighted by Crippen LogP contribution is 2.36. The third-order valence-corrected chi connectivity index (χ3v) is 7.05. The fourth-order valence-corrected chi connectivity index (χ4v) is 4.84. The molecule has 34 heavy (non-hydrogen) atoms. The number of carbonyl (C=O) groups is 2. The smallest absolute Gasteiger partial charge is 0.196 e. The fourth-order valence-electron chi connectivity index (χ4n) is 4.84. The highest BCUT2D eigenvalue weighted by molar-refractivity contribution is 6.31. The van der Waals surface area contributed by atoms with Crippen LogP contribution in [-0.2, 0) is 0 Å². The minimum absolute atomic E-state index is 0.0578. The van der Waals surface area contributed by atoms with E-state index in [4.69, 9.17) is 0 Å². The molecule has 1 aliphatic carbocycles. The summed E-state index contributed by atoms with van der Waals surface area (Å²) in [5.41, 5.74) is 3.63. The lowest BCUT2D eigenvalue weighted by atomic mass is 9.82. The van der Waals surface area contributed by atoms with Crippen molar-refractivity contribution in [2.75, 3.05) is 23.7 Å². The number of nitrogens with one attached hydrogen (secondary N) is 2. The van der Waals surface area contributed by atoms with Gasteiger partial charge in [0.1, 0.15) is 0 Å². The van der Waals surface area contributed by atoms with Gasteiger partial charge in [-0.05, 0) is 30.9 Å². The Labute approximate surface area is 205 Å². The second kappa shape index (κ2) is 13.3. The average Bonchev–Trinajstić information content (AvgIpc) is 2.87. The Morgan fingerprint density at radius 2 is 1.24 bits per heavy atom. The fraction of sp³-hybridized carbons (Fsp3) is 0.533. The monoisotopic (exact) mass is 462 g/mol. The van der Waals surface area contributed by atoms with Gasteiger partial charge in [0.15, 0.2) is 11.6 Å². The van der Waals surface area contributed by atoms with Crippen molar-refractivity contribution in [2.24, 2.45) is 5.92 Å². The van der Waals surface area contributed by atoms with Crippen LogP contribution in [0.25, 0.3) is 0 Å². The number of hydrogen-bond donors (Lipinski definition) is 2. The number of benzene rings is 2. The van der Waals surface area contributed by atoms with Gasteiger partial charge in [-0.2, -0.15) is 0 Å². The van der Waals surface area contributed by atoms with E-state index in [1.165, 1.54) is 51.4 Å². The van der Waals surface area contributed by atoms with Crippen molar-refractivity contribution in [1.29, 1.82) is 0 Å². The van der Waals surface area contributed by atoms with E-state index in [0.29, 0.717) is 28.2 Å². The molecule has 1 unspecified atom stereocenters. The Hall–Kier alpha value is -2.62. The summed E-state index contributed by atoms with van der Waals surface area (Å²) in [6.45, 7) is 8.29. The maximum absolute atomic E-state index is 13.6. The SMILES string of the molecule is CCCCCCCCNc1ccc(NCC(CC)CCCC)c2c1C(=O)c1ccccc1C2=O. The number of unbranched alkanes of at least 4 members (excludes halogenated alkanes) is 6. The predicted octanol–water partition coefficient (Wildman–Crippen LogP) is 7.86. The van der Waals surface area contributed by atoms with E-state index < -0.39 is 0 Å². The Bertz CT molecular complexity index is 966. The van der Waals surface area contributed by atoms with E-state index in [0.717, 1.165) is 37.3 Å². The molecule has 0 aromatic heterocycles. The van der Waals surface area contributed by atoms with Gasteiger partial charge in [-0.25, -0.2) is 0 Å².